The molecule has 4 rings (SSSR count). The number of aromatic nitrogens is 3. The standard InChI is InChI=1S/C22H17F4N3OS/c1-13-18(15-3-2-4-17(23)11-15)12-29(28-13)21-27-20(19(31-21)9-10-30)14-5-7-16(8-6-14)22(24,25)26/h2-8,11-12,30H,9-10H2,1H3. The topological polar surface area (TPSA) is 50.9 Å². The molecule has 0 aliphatic carbocycles. The zero-order valence-electron chi connectivity index (χ0n) is 16.3. The fourth-order valence-corrected chi connectivity index (χ4v) is 4.25. The van der Waals surface area contributed by atoms with Gasteiger partial charge >= 0.3 is 6.18 Å². The highest BCUT2D eigenvalue weighted by Gasteiger charge is 2.30. The Hall–Kier alpha value is -3.04. The maximum Gasteiger partial charge on any atom is 0.416 e. The van der Waals surface area contributed by atoms with Gasteiger partial charge in [0.2, 0.25) is 5.13 Å². The van der Waals surface area contributed by atoms with Crippen molar-refractivity contribution in [3.63, 3.8) is 0 Å². The van der Waals surface area contributed by atoms with Crippen molar-refractivity contribution in [2.45, 2.75) is 19.5 Å². The molecule has 0 amide bonds. The van der Waals surface area contributed by atoms with E-state index in [2.05, 4.69) is 10.1 Å². The van der Waals surface area contributed by atoms with Gasteiger partial charge in [-0.2, -0.15) is 18.3 Å². The molecule has 0 atom stereocenters. The second kappa shape index (κ2) is 8.24. The molecule has 0 aliphatic heterocycles. The average molecular weight is 447 g/mol. The Morgan fingerprint density at radius 1 is 1.06 bits per heavy atom. The van der Waals surface area contributed by atoms with Gasteiger partial charge in [-0.1, -0.05) is 35.6 Å². The molecule has 2 aromatic heterocycles. The molecule has 0 spiro atoms. The lowest BCUT2D eigenvalue weighted by molar-refractivity contribution is -0.137. The average Bonchev–Trinajstić information content (AvgIpc) is 3.31. The second-order valence-electron chi connectivity index (χ2n) is 6.90. The largest absolute Gasteiger partial charge is 0.416 e. The summed E-state index contributed by atoms with van der Waals surface area (Å²) in [6, 6.07) is 10.9. The fourth-order valence-electron chi connectivity index (χ4n) is 3.25. The van der Waals surface area contributed by atoms with E-state index in [0.717, 1.165) is 22.6 Å². The number of alkyl halides is 3. The van der Waals surface area contributed by atoms with Crippen LogP contribution >= 0.6 is 11.3 Å². The van der Waals surface area contributed by atoms with Crippen molar-refractivity contribution in [3.8, 4) is 27.5 Å². The van der Waals surface area contributed by atoms with Crippen LogP contribution in [0.5, 0.6) is 0 Å². The number of rotatable bonds is 5. The molecule has 4 aromatic rings. The van der Waals surface area contributed by atoms with Crippen molar-refractivity contribution in [2.75, 3.05) is 6.61 Å². The molecule has 0 bridgehead atoms. The van der Waals surface area contributed by atoms with Crippen molar-refractivity contribution >= 4 is 11.3 Å². The molecule has 0 fully saturated rings. The third-order valence-corrected chi connectivity index (χ3v) is 5.85. The van der Waals surface area contributed by atoms with Crippen molar-refractivity contribution < 1.29 is 22.7 Å². The highest BCUT2D eigenvalue weighted by atomic mass is 32.1. The Morgan fingerprint density at radius 3 is 2.45 bits per heavy atom. The zero-order valence-corrected chi connectivity index (χ0v) is 17.1. The van der Waals surface area contributed by atoms with E-state index in [1.165, 1.54) is 35.6 Å². The van der Waals surface area contributed by atoms with E-state index in [1.54, 1.807) is 29.9 Å². The highest BCUT2D eigenvalue weighted by molar-refractivity contribution is 7.14. The molecule has 31 heavy (non-hydrogen) atoms. The van der Waals surface area contributed by atoms with E-state index in [9.17, 15) is 22.7 Å². The van der Waals surface area contributed by atoms with Gasteiger partial charge in [0, 0.05) is 35.2 Å². The SMILES string of the molecule is Cc1nn(-c2nc(-c3ccc(C(F)(F)F)cc3)c(CCO)s2)cc1-c1cccc(F)c1. The summed E-state index contributed by atoms with van der Waals surface area (Å²) in [7, 11) is 0. The minimum absolute atomic E-state index is 0.123. The van der Waals surface area contributed by atoms with Crippen molar-refractivity contribution in [1.29, 1.82) is 0 Å². The predicted octanol–water partition coefficient (Wildman–Crippen LogP) is 5.66. The van der Waals surface area contributed by atoms with Gasteiger partial charge < -0.3 is 5.11 Å². The fraction of sp³-hybridized carbons (Fsp3) is 0.182. The molecule has 0 saturated heterocycles. The summed E-state index contributed by atoms with van der Waals surface area (Å²) in [5.74, 6) is -0.353. The first-order valence-corrected chi connectivity index (χ1v) is 10.2. The number of halogens is 4. The number of aliphatic hydroxyl groups excluding tert-OH is 1. The Balaban J connectivity index is 1.73. The third-order valence-electron chi connectivity index (χ3n) is 4.74. The van der Waals surface area contributed by atoms with Crippen LogP contribution in [0.15, 0.2) is 54.7 Å². The normalized spacial score (nSPS) is 11.8. The number of aryl methyl sites for hydroxylation is 1. The minimum atomic E-state index is -4.42. The van der Waals surface area contributed by atoms with Crippen LogP contribution in [0.25, 0.3) is 27.5 Å². The van der Waals surface area contributed by atoms with E-state index < -0.39 is 11.7 Å². The molecule has 4 nitrogen and oxygen atoms in total. The third kappa shape index (κ3) is 4.38. The van der Waals surface area contributed by atoms with Crippen LogP contribution in [0.2, 0.25) is 0 Å². The maximum absolute atomic E-state index is 13.6. The molecule has 160 valence electrons. The lowest BCUT2D eigenvalue weighted by Crippen LogP contribution is -2.04. The lowest BCUT2D eigenvalue weighted by Gasteiger charge is -2.07. The lowest BCUT2D eigenvalue weighted by atomic mass is 10.1. The summed E-state index contributed by atoms with van der Waals surface area (Å²) in [5, 5.41) is 14.4. The van der Waals surface area contributed by atoms with Crippen LogP contribution in [0.4, 0.5) is 17.6 Å². The van der Waals surface area contributed by atoms with Crippen LogP contribution in [-0.2, 0) is 12.6 Å². The van der Waals surface area contributed by atoms with Crippen LogP contribution < -0.4 is 0 Å². The first-order chi connectivity index (χ1) is 14.8. The van der Waals surface area contributed by atoms with Gasteiger partial charge in [0.1, 0.15) is 5.82 Å². The van der Waals surface area contributed by atoms with E-state index >= 15 is 0 Å². The highest BCUT2D eigenvalue weighted by Crippen LogP contribution is 2.35. The Labute approximate surface area is 179 Å². The van der Waals surface area contributed by atoms with Crippen LogP contribution in [0, 0.1) is 12.7 Å². The van der Waals surface area contributed by atoms with E-state index in [-0.39, 0.29) is 12.4 Å². The number of nitrogens with zero attached hydrogens (tertiary/aromatic N) is 3. The number of thiazole rings is 1. The zero-order chi connectivity index (χ0) is 22.2. The van der Waals surface area contributed by atoms with Crippen LogP contribution in [0.3, 0.4) is 0 Å². The summed E-state index contributed by atoms with van der Waals surface area (Å²) in [4.78, 5) is 5.31. The van der Waals surface area contributed by atoms with Crippen molar-refractivity contribution in [1.82, 2.24) is 14.8 Å². The molecular weight excluding hydrogens is 430 g/mol. The summed E-state index contributed by atoms with van der Waals surface area (Å²) >= 11 is 1.30. The molecule has 2 heterocycles. The summed E-state index contributed by atoms with van der Waals surface area (Å²) in [5.41, 5.74) is 2.39. The van der Waals surface area contributed by atoms with E-state index in [0.29, 0.717) is 34.1 Å². The molecular formula is C22H17F4N3OS. The van der Waals surface area contributed by atoms with Gasteiger partial charge in [-0.25, -0.2) is 14.1 Å². The van der Waals surface area contributed by atoms with Crippen LogP contribution in [-0.4, -0.2) is 26.5 Å². The number of benzene rings is 2. The molecule has 2 aromatic carbocycles. The Bertz CT molecular complexity index is 1210. The van der Waals surface area contributed by atoms with Gasteiger partial charge in [0.15, 0.2) is 0 Å². The van der Waals surface area contributed by atoms with Crippen LogP contribution in [0.1, 0.15) is 16.1 Å². The summed E-state index contributed by atoms with van der Waals surface area (Å²) in [6.45, 7) is 1.68. The molecule has 0 unspecified atom stereocenters. The predicted molar refractivity (Wildman–Crippen MR) is 111 cm³/mol. The second-order valence-corrected chi connectivity index (χ2v) is 7.96. The van der Waals surface area contributed by atoms with E-state index in [4.69, 9.17) is 0 Å². The Morgan fingerprint density at radius 2 is 1.81 bits per heavy atom. The van der Waals surface area contributed by atoms with E-state index in [1.807, 2.05) is 0 Å². The summed E-state index contributed by atoms with van der Waals surface area (Å²) in [6.07, 6.45) is -2.37. The monoisotopic (exact) mass is 447 g/mol. The molecule has 0 saturated carbocycles. The number of aliphatic hydroxyl groups is 1. The number of hydrogen-bond donors (Lipinski definition) is 1. The summed E-state index contributed by atoms with van der Waals surface area (Å²) < 4.78 is 53.8. The van der Waals surface area contributed by atoms with Gasteiger partial charge in [-0.15, -0.1) is 0 Å². The molecule has 0 aliphatic rings. The molecule has 9 heteroatoms. The van der Waals surface area contributed by atoms with Gasteiger partial charge in [0.25, 0.3) is 0 Å². The first kappa shape index (κ1) is 21.2. The molecule has 1 N–H and O–H groups in total. The molecule has 0 radical (unpaired) electrons. The van der Waals surface area contributed by atoms with Gasteiger partial charge in [-0.05, 0) is 36.8 Å². The van der Waals surface area contributed by atoms with Crippen molar-refractivity contribution in [2.24, 2.45) is 0 Å². The van der Waals surface area contributed by atoms with Crippen molar-refractivity contribution in [3.05, 3.63) is 76.7 Å². The minimum Gasteiger partial charge on any atom is -0.396 e. The maximum atomic E-state index is 13.6. The first-order valence-electron chi connectivity index (χ1n) is 9.37. The number of hydrogen-bond acceptors (Lipinski definition) is 4. The smallest absolute Gasteiger partial charge is 0.396 e. The Kier molecular flexibility index (Phi) is 5.63. The van der Waals surface area contributed by atoms with Gasteiger partial charge in [-0.3, -0.25) is 0 Å². The van der Waals surface area contributed by atoms with Gasteiger partial charge in [0.05, 0.1) is 17.0 Å². The quantitative estimate of drug-likeness (QED) is 0.402.